The number of carbonyl (C=O) groups is 3. The second kappa shape index (κ2) is 8.19. The highest BCUT2D eigenvalue weighted by Crippen LogP contribution is 2.35. The number of nitrogens with zero attached hydrogens (tertiary/aromatic N) is 1. The normalized spacial score (nSPS) is 17.0. The Morgan fingerprint density at radius 3 is 2.79 bits per heavy atom. The molecule has 1 atom stereocenters. The highest BCUT2D eigenvalue weighted by atomic mass is 32.2. The van der Waals surface area contributed by atoms with E-state index >= 15 is 0 Å². The summed E-state index contributed by atoms with van der Waals surface area (Å²) in [5.41, 5.74) is 1.23. The van der Waals surface area contributed by atoms with Gasteiger partial charge in [-0.1, -0.05) is 18.7 Å². The van der Waals surface area contributed by atoms with E-state index in [1.807, 2.05) is 0 Å². The number of methoxy groups -OCH3 is 1. The number of rotatable bonds is 6. The second-order valence-electron chi connectivity index (χ2n) is 5.66. The van der Waals surface area contributed by atoms with Gasteiger partial charge in [0.05, 0.1) is 18.5 Å². The lowest BCUT2D eigenvalue weighted by molar-refractivity contribution is -0.117. The molecule has 0 saturated carbocycles. The van der Waals surface area contributed by atoms with Crippen molar-refractivity contribution in [2.24, 2.45) is 5.92 Å². The SMILES string of the molecule is CCC(=O)Nc1ccc(OC)cc1N1CC(CSC(C)=O)CC1=O. The summed E-state index contributed by atoms with van der Waals surface area (Å²) < 4.78 is 5.24. The Morgan fingerprint density at radius 2 is 2.17 bits per heavy atom. The Balaban J connectivity index is 2.23. The molecule has 6 nitrogen and oxygen atoms in total. The fraction of sp³-hybridized carbons (Fsp3) is 0.471. The average Bonchev–Trinajstić information content (AvgIpc) is 2.94. The summed E-state index contributed by atoms with van der Waals surface area (Å²) >= 11 is 1.24. The summed E-state index contributed by atoms with van der Waals surface area (Å²) in [6, 6.07) is 5.24. The second-order valence-corrected chi connectivity index (χ2v) is 6.86. The topological polar surface area (TPSA) is 75.7 Å². The van der Waals surface area contributed by atoms with Crippen LogP contribution in [0.3, 0.4) is 0 Å². The van der Waals surface area contributed by atoms with Crippen molar-refractivity contribution >= 4 is 40.1 Å². The molecular weight excluding hydrogens is 328 g/mol. The monoisotopic (exact) mass is 350 g/mol. The Bertz CT molecular complexity index is 647. The van der Waals surface area contributed by atoms with Crippen LogP contribution in [-0.2, 0) is 14.4 Å². The molecule has 1 N–H and O–H groups in total. The van der Waals surface area contributed by atoms with Crippen molar-refractivity contribution in [2.45, 2.75) is 26.7 Å². The van der Waals surface area contributed by atoms with Crippen LogP contribution in [0.2, 0.25) is 0 Å². The smallest absolute Gasteiger partial charge is 0.227 e. The molecule has 1 aliphatic rings. The molecule has 24 heavy (non-hydrogen) atoms. The number of thioether (sulfide) groups is 1. The maximum atomic E-state index is 12.4. The number of benzene rings is 1. The maximum Gasteiger partial charge on any atom is 0.227 e. The standard InChI is InChI=1S/C17H22N2O4S/c1-4-16(21)18-14-6-5-13(23-3)8-15(14)19-9-12(7-17(19)22)10-24-11(2)20/h5-6,8,12H,4,7,9-10H2,1-3H3,(H,18,21). The van der Waals surface area contributed by atoms with Gasteiger partial charge in [0.25, 0.3) is 0 Å². The van der Waals surface area contributed by atoms with Gasteiger partial charge in [-0.3, -0.25) is 14.4 Å². The number of amides is 2. The first-order valence-corrected chi connectivity index (χ1v) is 8.84. The Hall–Kier alpha value is -2.02. The minimum atomic E-state index is -0.114. The lowest BCUT2D eigenvalue weighted by atomic mass is 10.1. The van der Waals surface area contributed by atoms with E-state index in [9.17, 15) is 14.4 Å². The van der Waals surface area contributed by atoms with E-state index in [0.29, 0.717) is 42.3 Å². The van der Waals surface area contributed by atoms with Crippen molar-refractivity contribution in [3.8, 4) is 5.75 Å². The highest BCUT2D eigenvalue weighted by Gasteiger charge is 2.32. The molecule has 1 unspecified atom stereocenters. The summed E-state index contributed by atoms with van der Waals surface area (Å²) in [4.78, 5) is 36.9. The molecule has 0 aliphatic carbocycles. The number of hydrogen-bond acceptors (Lipinski definition) is 5. The molecule has 1 saturated heterocycles. The first-order chi connectivity index (χ1) is 11.4. The van der Waals surface area contributed by atoms with Crippen LogP contribution in [0, 0.1) is 5.92 Å². The molecule has 7 heteroatoms. The molecule has 0 radical (unpaired) electrons. The van der Waals surface area contributed by atoms with E-state index in [1.165, 1.54) is 18.7 Å². The van der Waals surface area contributed by atoms with Crippen LogP contribution in [0.15, 0.2) is 18.2 Å². The molecule has 1 heterocycles. The molecular formula is C17H22N2O4S. The van der Waals surface area contributed by atoms with Gasteiger partial charge in [0.2, 0.25) is 11.8 Å². The van der Waals surface area contributed by atoms with E-state index in [-0.39, 0.29) is 22.8 Å². The van der Waals surface area contributed by atoms with E-state index < -0.39 is 0 Å². The van der Waals surface area contributed by atoms with E-state index in [0.717, 1.165) is 0 Å². The predicted octanol–water partition coefficient (Wildman–Crippen LogP) is 2.68. The van der Waals surface area contributed by atoms with Crippen LogP contribution in [0.1, 0.15) is 26.7 Å². The molecule has 2 amide bonds. The van der Waals surface area contributed by atoms with Gasteiger partial charge in [-0.05, 0) is 18.1 Å². The van der Waals surface area contributed by atoms with Gasteiger partial charge in [0, 0.05) is 38.1 Å². The van der Waals surface area contributed by atoms with Gasteiger partial charge in [-0.15, -0.1) is 0 Å². The van der Waals surface area contributed by atoms with Crippen LogP contribution in [-0.4, -0.2) is 36.3 Å². The molecule has 1 aromatic carbocycles. The Morgan fingerprint density at radius 1 is 1.42 bits per heavy atom. The minimum Gasteiger partial charge on any atom is -0.497 e. The highest BCUT2D eigenvalue weighted by molar-refractivity contribution is 8.13. The quantitative estimate of drug-likeness (QED) is 0.854. The maximum absolute atomic E-state index is 12.4. The first-order valence-electron chi connectivity index (χ1n) is 7.86. The number of ether oxygens (including phenoxy) is 1. The lowest BCUT2D eigenvalue weighted by Gasteiger charge is -2.21. The summed E-state index contributed by atoms with van der Waals surface area (Å²) in [5, 5.41) is 2.88. The zero-order valence-electron chi connectivity index (χ0n) is 14.1. The van der Waals surface area contributed by atoms with Gasteiger partial charge in [-0.2, -0.15) is 0 Å². The van der Waals surface area contributed by atoms with Crippen LogP contribution in [0.5, 0.6) is 5.75 Å². The van der Waals surface area contributed by atoms with Crippen molar-refractivity contribution < 1.29 is 19.1 Å². The van der Waals surface area contributed by atoms with E-state index in [1.54, 1.807) is 37.1 Å². The molecule has 1 aromatic rings. The van der Waals surface area contributed by atoms with E-state index in [4.69, 9.17) is 4.74 Å². The molecule has 130 valence electrons. The predicted molar refractivity (Wildman–Crippen MR) is 95.5 cm³/mol. The summed E-state index contributed by atoms with van der Waals surface area (Å²) in [5.74, 6) is 1.24. The van der Waals surface area contributed by atoms with Gasteiger partial charge in [-0.25, -0.2) is 0 Å². The van der Waals surface area contributed by atoms with Crippen molar-refractivity contribution in [1.82, 2.24) is 0 Å². The number of carbonyl (C=O) groups excluding carboxylic acids is 3. The van der Waals surface area contributed by atoms with Gasteiger partial charge in [0.15, 0.2) is 5.12 Å². The van der Waals surface area contributed by atoms with Crippen LogP contribution >= 0.6 is 11.8 Å². The summed E-state index contributed by atoms with van der Waals surface area (Å²) in [7, 11) is 1.56. The Labute approximate surface area is 145 Å². The van der Waals surface area contributed by atoms with Gasteiger partial charge in [0.1, 0.15) is 5.75 Å². The molecule has 1 aliphatic heterocycles. The van der Waals surface area contributed by atoms with Crippen molar-refractivity contribution in [1.29, 1.82) is 0 Å². The summed E-state index contributed by atoms with van der Waals surface area (Å²) in [6.45, 7) is 3.83. The van der Waals surface area contributed by atoms with E-state index in [2.05, 4.69) is 5.32 Å². The number of hydrogen-bond donors (Lipinski definition) is 1. The Kier molecular flexibility index (Phi) is 6.25. The van der Waals surface area contributed by atoms with Crippen LogP contribution in [0.25, 0.3) is 0 Å². The van der Waals surface area contributed by atoms with Crippen LogP contribution in [0.4, 0.5) is 11.4 Å². The number of anilines is 2. The van der Waals surface area contributed by atoms with Crippen molar-refractivity contribution in [3.05, 3.63) is 18.2 Å². The minimum absolute atomic E-state index is 0.00981. The zero-order chi connectivity index (χ0) is 17.7. The zero-order valence-corrected chi connectivity index (χ0v) is 14.9. The fourth-order valence-electron chi connectivity index (χ4n) is 2.57. The van der Waals surface area contributed by atoms with Crippen molar-refractivity contribution in [2.75, 3.05) is 29.6 Å². The fourth-order valence-corrected chi connectivity index (χ4v) is 3.26. The van der Waals surface area contributed by atoms with Crippen LogP contribution < -0.4 is 15.0 Å². The molecule has 2 rings (SSSR count). The average molecular weight is 350 g/mol. The third kappa shape index (κ3) is 4.50. The third-order valence-electron chi connectivity index (χ3n) is 3.82. The number of nitrogens with one attached hydrogen (secondary N) is 1. The molecule has 1 fully saturated rings. The third-order valence-corrected chi connectivity index (χ3v) is 4.86. The molecule has 0 bridgehead atoms. The lowest BCUT2D eigenvalue weighted by Crippen LogP contribution is -2.26. The molecule has 0 spiro atoms. The van der Waals surface area contributed by atoms with Crippen molar-refractivity contribution in [3.63, 3.8) is 0 Å². The van der Waals surface area contributed by atoms with Gasteiger partial charge >= 0.3 is 0 Å². The largest absolute Gasteiger partial charge is 0.497 e. The summed E-state index contributed by atoms with van der Waals surface area (Å²) in [6.07, 6.45) is 0.760. The molecule has 0 aromatic heterocycles. The van der Waals surface area contributed by atoms with Gasteiger partial charge < -0.3 is 15.0 Å². The first kappa shape index (κ1) is 18.3.